The molecule has 2 amide bonds. The molecule has 140 valence electrons. The lowest BCUT2D eigenvalue weighted by atomic mass is 10.1. The van der Waals surface area contributed by atoms with Crippen LogP contribution in [0.15, 0.2) is 29.5 Å². The normalized spacial score (nSPS) is 15.7. The largest absolute Gasteiger partial charge is 0.569 e. The first kappa shape index (κ1) is 19.2. The molecule has 0 saturated carbocycles. The molecule has 1 aliphatic heterocycles. The van der Waals surface area contributed by atoms with Crippen molar-refractivity contribution in [2.75, 3.05) is 6.54 Å². The summed E-state index contributed by atoms with van der Waals surface area (Å²) in [6.45, 7) is 5.68. The quantitative estimate of drug-likeness (QED) is 0.352. The number of aliphatic carboxylic acids is 1. The molecule has 1 N–H and O–H groups in total. The average molecular weight is 364 g/mol. The minimum Gasteiger partial charge on any atom is -0.569 e. The van der Waals surface area contributed by atoms with Crippen LogP contribution in [0.2, 0.25) is 0 Å². The zero-order chi connectivity index (χ0) is 19.6. The molecule has 26 heavy (non-hydrogen) atoms. The Hall–Kier alpha value is -3.17. The molecule has 0 spiro atoms. The third-order valence-electron chi connectivity index (χ3n) is 3.72. The predicted octanol–water partition coefficient (Wildman–Crippen LogP) is 1.62. The maximum atomic E-state index is 12.3. The van der Waals surface area contributed by atoms with E-state index in [9.17, 15) is 19.6 Å². The summed E-state index contributed by atoms with van der Waals surface area (Å²) < 4.78 is 0. The number of fused-ring (bicyclic) bond motifs is 1. The van der Waals surface area contributed by atoms with Gasteiger partial charge < -0.3 is 15.2 Å². The van der Waals surface area contributed by atoms with Crippen molar-refractivity contribution in [3.05, 3.63) is 40.6 Å². The van der Waals surface area contributed by atoms with Gasteiger partial charge >= 0.3 is 5.97 Å². The van der Waals surface area contributed by atoms with E-state index in [1.54, 1.807) is 32.9 Å². The number of benzene rings is 1. The summed E-state index contributed by atoms with van der Waals surface area (Å²) in [5, 5.41) is 25.3. The molecule has 0 fully saturated rings. The number of amides is 2. The molecule has 0 aromatic heterocycles. The minimum atomic E-state index is -1.22. The predicted molar refractivity (Wildman–Crippen MR) is 87.6 cm³/mol. The van der Waals surface area contributed by atoms with Gasteiger partial charge in [-0.05, 0) is 39.8 Å². The number of carbonyl (C=O) groups excluding carboxylic acids is 2. The van der Waals surface area contributed by atoms with Gasteiger partial charge in [-0.1, -0.05) is 12.1 Å². The van der Waals surface area contributed by atoms with Crippen LogP contribution in [0.3, 0.4) is 0 Å². The highest BCUT2D eigenvalue weighted by atomic mass is 16.7. The van der Waals surface area contributed by atoms with E-state index in [0.29, 0.717) is 0 Å². The Balaban J connectivity index is 2.16. The van der Waals surface area contributed by atoms with E-state index in [0.717, 1.165) is 9.91 Å². The van der Waals surface area contributed by atoms with Gasteiger partial charge in [0.25, 0.3) is 11.8 Å². The Kier molecular flexibility index (Phi) is 5.15. The van der Waals surface area contributed by atoms with Crippen molar-refractivity contribution in [2.24, 2.45) is 5.28 Å². The van der Waals surface area contributed by atoms with E-state index in [1.807, 2.05) is 0 Å². The molecule has 1 heterocycles. The van der Waals surface area contributed by atoms with Gasteiger partial charge in [0.1, 0.15) is 0 Å². The van der Waals surface area contributed by atoms with Crippen LogP contribution in [0.5, 0.6) is 0 Å². The lowest BCUT2D eigenvalue weighted by molar-refractivity contribution is -0.724. The summed E-state index contributed by atoms with van der Waals surface area (Å²) in [5.41, 5.74) is -0.352. The second-order valence-electron chi connectivity index (χ2n) is 6.69. The molecule has 10 heteroatoms. The topological polar surface area (TPSA) is 126 Å². The molecule has 1 aliphatic rings. The van der Waals surface area contributed by atoms with Gasteiger partial charge in [-0.15, -0.1) is 5.01 Å². The highest BCUT2D eigenvalue weighted by Gasteiger charge is 2.40. The van der Waals surface area contributed by atoms with E-state index < -0.39 is 36.1 Å². The molecular weight excluding hydrogens is 344 g/mol. The Morgan fingerprint density at radius 2 is 1.81 bits per heavy atom. The lowest BCUT2D eigenvalue weighted by Crippen LogP contribution is -2.48. The molecule has 1 unspecified atom stereocenters. The number of carboxylic acid groups (broad SMARTS) is 1. The zero-order valence-electron chi connectivity index (χ0n) is 14.9. The van der Waals surface area contributed by atoms with Crippen LogP contribution in [-0.4, -0.2) is 56.1 Å². The van der Waals surface area contributed by atoms with E-state index in [2.05, 4.69) is 5.28 Å². The van der Waals surface area contributed by atoms with Crippen molar-refractivity contribution < 1.29 is 29.3 Å². The third-order valence-corrected chi connectivity index (χ3v) is 3.72. The van der Waals surface area contributed by atoms with Crippen LogP contribution in [0.4, 0.5) is 0 Å². The molecule has 1 atom stereocenters. The Morgan fingerprint density at radius 1 is 1.31 bits per heavy atom. The number of nitrogens with zero attached hydrogens (tertiary/aromatic N) is 4. The number of carbonyl (C=O) groups is 3. The van der Waals surface area contributed by atoms with Crippen molar-refractivity contribution >= 4 is 17.8 Å². The molecule has 0 bridgehead atoms. The van der Waals surface area contributed by atoms with Crippen molar-refractivity contribution in [2.45, 2.75) is 39.5 Å². The first-order chi connectivity index (χ1) is 12.0. The smallest absolute Gasteiger partial charge is 0.329 e. The summed E-state index contributed by atoms with van der Waals surface area (Å²) >= 11 is 0. The molecule has 1 aromatic rings. The van der Waals surface area contributed by atoms with Crippen LogP contribution in [0, 0.1) is 5.21 Å². The zero-order valence-corrected chi connectivity index (χ0v) is 14.9. The van der Waals surface area contributed by atoms with E-state index >= 15 is 0 Å². The fourth-order valence-corrected chi connectivity index (χ4v) is 2.42. The number of rotatable bonds is 6. The van der Waals surface area contributed by atoms with Crippen LogP contribution in [0.1, 0.15) is 48.4 Å². The lowest BCUT2D eigenvalue weighted by Gasteiger charge is -2.29. The van der Waals surface area contributed by atoms with Gasteiger partial charge in [-0.25, -0.2) is 4.90 Å². The first-order valence-electron chi connectivity index (χ1n) is 7.84. The number of hydrogen-bond acceptors (Lipinski definition) is 6. The van der Waals surface area contributed by atoms with Crippen LogP contribution in [-0.2, 0) is 9.63 Å². The maximum Gasteiger partial charge on any atom is 0.329 e. The van der Waals surface area contributed by atoms with Crippen molar-refractivity contribution in [3.63, 3.8) is 0 Å². The maximum absolute atomic E-state index is 12.3. The molecule has 2 rings (SSSR count). The fourth-order valence-electron chi connectivity index (χ4n) is 2.42. The van der Waals surface area contributed by atoms with Crippen LogP contribution in [0.25, 0.3) is 0 Å². The number of carboxylic acids is 1. The molecule has 10 nitrogen and oxygen atoms in total. The van der Waals surface area contributed by atoms with E-state index in [4.69, 9.17) is 9.94 Å². The number of hydrazine groups is 1. The van der Waals surface area contributed by atoms with Gasteiger partial charge in [-0.2, -0.15) is 0 Å². The van der Waals surface area contributed by atoms with E-state index in [-0.39, 0.29) is 16.1 Å². The minimum absolute atomic E-state index is 0.00276. The number of hydrogen-bond donors (Lipinski definition) is 1. The summed E-state index contributed by atoms with van der Waals surface area (Å²) in [6, 6.07) is 6.31. The SMILES string of the molecule is CC(O/N=[N+](\[O-])N(CC(=O)O)C(C)(C)C)N1C(=O)c2ccccc2C1=O. The van der Waals surface area contributed by atoms with Gasteiger partial charge in [0, 0.05) is 0 Å². The Labute approximate surface area is 149 Å². The molecule has 0 radical (unpaired) electrons. The van der Waals surface area contributed by atoms with Crippen LogP contribution >= 0.6 is 0 Å². The molecular formula is C16H20N4O6. The van der Waals surface area contributed by atoms with Crippen molar-refractivity contribution in [1.82, 2.24) is 9.91 Å². The summed E-state index contributed by atoms with van der Waals surface area (Å²) in [6.07, 6.45) is -1.15. The molecule has 0 aliphatic carbocycles. The average Bonchev–Trinajstić information content (AvgIpc) is 2.81. The Bertz CT molecular complexity index is 735. The van der Waals surface area contributed by atoms with Gasteiger partial charge in [0.05, 0.1) is 21.6 Å². The summed E-state index contributed by atoms with van der Waals surface area (Å²) in [4.78, 5) is 41.5. The monoisotopic (exact) mass is 364 g/mol. The highest BCUT2D eigenvalue weighted by molar-refractivity contribution is 6.21. The second-order valence-corrected chi connectivity index (χ2v) is 6.69. The summed E-state index contributed by atoms with van der Waals surface area (Å²) in [7, 11) is 0. The van der Waals surface area contributed by atoms with Crippen molar-refractivity contribution in [1.29, 1.82) is 0 Å². The fraction of sp³-hybridized carbons (Fsp3) is 0.438. The Morgan fingerprint density at radius 3 is 2.23 bits per heavy atom. The van der Waals surface area contributed by atoms with Crippen LogP contribution < -0.4 is 0 Å². The number of imide groups is 1. The van der Waals surface area contributed by atoms with Gasteiger partial charge in [0.15, 0.2) is 6.54 Å². The highest BCUT2D eigenvalue weighted by Crippen LogP contribution is 2.25. The van der Waals surface area contributed by atoms with Gasteiger partial charge in [0.2, 0.25) is 11.5 Å². The second kappa shape index (κ2) is 6.98. The summed E-state index contributed by atoms with van der Waals surface area (Å²) in [5.74, 6) is -2.32. The standard InChI is InChI=1S/C16H20N4O6/c1-10(19-14(23)11-7-5-6-8-12(11)15(19)24)26-17-20(25)18(9-13(21)22)16(2,3)4/h5-8,10H,9H2,1-4H3,(H,21,22)/b20-17-. The van der Waals surface area contributed by atoms with Crippen molar-refractivity contribution in [3.8, 4) is 0 Å². The third kappa shape index (κ3) is 3.73. The first-order valence-corrected chi connectivity index (χ1v) is 7.84. The molecule has 0 saturated heterocycles. The van der Waals surface area contributed by atoms with Gasteiger partial charge in [-0.3, -0.25) is 14.4 Å². The molecule has 1 aromatic carbocycles. The van der Waals surface area contributed by atoms with E-state index in [1.165, 1.54) is 19.1 Å².